The van der Waals surface area contributed by atoms with E-state index in [1.165, 1.54) is 0 Å². The number of fused-ring (bicyclic) bond motifs is 3. The fraction of sp³-hybridized carbons (Fsp3) is 0.389. The van der Waals surface area contributed by atoms with Gasteiger partial charge in [0.05, 0.1) is 17.7 Å². The SMILES string of the molecule is C=C(C)C(=O)OCCO.O=C1OCCOC(=O)c2c1ccc1c2CC1. The average molecular weight is 348 g/mol. The predicted octanol–water partition coefficient (Wildman–Crippen LogP) is 1.21. The summed E-state index contributed by atoms with van der Waals surface area (Å²) in [6.07, 6.45) is 1.80. The van der Waals surface area contributed by atoms with Gasteiger partial charge in [-0.15, -0.1) is 0 Å². The molecule has 1 aromatic carbocycles. The molecule has 0 fully saturated rings. The standard InChI is InChI=1S/C12H10O4.C6H10O3/c13-11-9-4-2-7-1-3-8(7)10(9)12(14)16-6-5-15-11;1-5(2)6(8)9-4-3-7/h2,4H,1,3,5-6H2;7H,1,3-4H2,2H3. The number of carbonyl (C=O) groups excluding carboxylic acids is 3. The zero-order valence-corrected chi connectivity index (χ0v) is 14.0. The molecule has 7 heteroatoms. The molecule has 134 valence electrons. The van der Waals surface area contributed by atoms with Gasteiger partial charge in [0.1, 0.15) is 19.8 Å². The van der Waals surface area contributed by atoms with Crippen LogP contribution in [0.25, 0.3) is 0 Å². The third kappa shape index (κ3) is 4.45. The highest BCUT2D eigenvalue weighted by Crippen LogP contribution is 2.30. The Hall–Kier alpha value is -2.67. The van der Waals surface area contributed by atoms with Crippen LogP contribution in [0.4, 0.5) is 0 Å². The number of esters is 3. The van der Waals surface area contributed by atoms with Gasteiger partial charge in [-0.05, 0) is 37.0 Å². The van der Waals surface area contributed by atoms with E-state index in [4.69, 9.17) is 14.6 Å². The van der Waals surface area contributed by atoms with Crippen molar-refractivity contribution in [2.75, 3.05) is 26.4 Å². The van der Waals surface area contributed by atoms with Crippen LogP contribution in [0.2, 0.25) is 0 Å². The van der Waals surface area contributed by atoms with Gasteiger partial charge in [0.25, 0.3) is 0 Å². The number of aryl methyl sites for hydroxylation is 1. The summed E-state index contributed by atoms with van der Waals surface area (Å²) in [4.78, 5) is 33.9. The maximum absolute atomic E-state index is 11.8. The van der Waals surface area contributed by atoms with Crippen LogP contribution < -0.4 is 0 Å². The highest BCUT2D eigenvalue weighted by molar-refractivity contribution is 6.05. The quantitative estimate of drug-likeness (QED) is 0.498. The van der Waals surface area contributed by atoms with Crippen molar-refractivity contribution in [2.24, 2.45) is 0 Å². The lowest BCUT2D eigenvalue weighted by Gasteiger charge is -2.24. The number of aliphatic hydroxyl groups is 1. The van der Waals surface area contributed by atoms with Crippen LogP contribution in [-0.4, -0.2) is 49.4 Å². The van der Waals surface area contributed by atoms with E-state index in [0.29, 0.717) is 16.7 Å². The molecule has 0 saturated heterocycles. The maximum Gasteiger partial charge on any atom is 0.339 e. The normalized spacial score (nSPS) is 14.8. The van der Waals surface area contributed by atoms with Crippen LogP contribution >= 0.6 is 0 Å². The van der Waals surface area contributed by atoms with E-state index < -0.39 is 17.9 Å². The molecular formula is C18H20O7. The molecule has 0 amide bonds. The Morgan fingerprint density at radius 2 is 1.88 bits per heavy atom. The van der Waals surface area contributed by atoms with Gasteiger partial charge in [-0.3, -0.25) is 0 Å². The molecule has 1 heterocycles. The topological polar surface area (TPSA) is 99.1 Å². The fourth-order valence-electron chi connectivity index (χ4n) is 2.38. The molecule has 1 aromatic rings. The van der Waals surface area contributed by atoms with E-state index in [-0.39, 0.29) is 26.4 Å². The van der Waals surface area contributed by atoms with E-state index in [2.05, 4.69) is 11.3 Å². The Balaban J connectivity index is 0.000000217. The predicted molar refractivity (Wildman–Crippen MR) is 87.3 cm³/mol. The largest absolute Gasteiger partial charge is 0.460 e. The van der Waals surface area contributed by atoms with Crippen LogP contribution in [-0.2, 0) is 31.8 Å². The molecule has 0 atom stereocenters. The second-order valence-electron chi connectivity index (χ2n) is 5.54. The Bertz CT molecular complexity index is 706. The zero-order chi connectivity index (χ0) is 18.4. The average Bonchev–Trinajstić information content (AvgIpc) is 2.56. The molecule has 1 N–H and O–H groups in total. The maximum atomic E-state index is 11.8. The lowest BCUT2D eigenvalue weighted by molar-refractivity contribution is -0.139. The number of rotatable bonds is 3. The van der Waals surface area contributed by atoms with Gasteiger partial charge in [-0.2, -0.15) is 0 Å². The van der Waals surface area contributed by atoms with E-state index in [0.717, 1.165) is 24.0 Å². The molecule has 1 aliphatic heterocycles. The minimum Gasteiger partial charge on any atom is -0.460 e. The minimum atomic E-state index is -0.455. The molecule has 7 nitrogen and oxygen atoms in total. The molecule has 0 spiro atoms. The molecular weight excluding hydrogens is 328 g/mol. The smallest absolute Gasteiger partial charge is 0.339 e. The number of ether oxygens (including phenoxy) is 3. The first kappa shape index (κ1) is 18.7. The number of cyclic esters (lactones) is 2. The van der Waals surface area contributed by atoms with Crippen LogP contribution in [0.15, 0.2) is 24.3 Å². The molecule has 0 aromatic heterocycles. The highest BCUT2D eigenvalue weighted by Gasteiger charge is 2.29. The molecule has 0 unspecified atom stereocenters. The molecule has 1 aliphatic carbocycles. The monoisotopic (exact) mass is 348 g/mol. The minimum absolute atomic E-state index is 0.0473. The molecule has 2 aliphatic rings. The molecule has 0 saturated carbocycles. The highest BCUT2D eigenvalue weighted by atomic mass is 16.6. The zero-order valence-electron chi connectivity index (χ0n) is 14.0. The summed E-state index contributed by atoms with van der Waals surface area (Å²) in [5, 5.41) is 8.19. The first-order chi connectivity index (χ1) is 12.0. The summed E-state index contributed by atoms with van der Waals surface area (Å²) in [7, 11) is 0. The van der Waals surface area contributed by atoms with Gasteiger partial charge >= 0.3 is 17.9 Å². The number of carbonyl (C=O) groups is 3. The van der Waals surface area contributed by atoms with Crippen molar-refractivity contribution in [2.45, 2.75) is 19.8 Å². The summed E-state index contributed by atoms with van der Waals surface area (Å²) >= 11 is 0. The van der Waals surface area contributed by atoms with Gasteiger partial charge in [-0.25, -0.2) is 14.4 Å². The molecule has 25 heavy (non-hydrogen) atoms. The van der Waals surface area contributed by atoms with Crippen molar-refractivity contribution in [3.8, 4) is 0 Å². The Morgan fingerprint density at radius 3 is 2.44 bits per heavy atom. The number of hydrogen-bond donors (Lipinski definition) is 1. The lowest BCUT2D eigenvalue weighted by atomic mass is 9.82. The molecule has 0 bridgehead atoms. The van der Waals surface area contributed by atoms with Crippen molar-refractivity contribution in [3.05, 3.63) is 46.5 Å². The Labute approximate surface area is 145 Å². The first-order valence-electron chi connectivity index (χ1n) is 7.88. The number of benzene rings is 1. The van der Waals surface area contributed by atoms with Crippen LogP contribution in [0.5, 0.6) is 0 Å². The summed E-state index contributed by atoms with van der Waals surface area (Å²) in [5.41, 5.74) is 3.17. The van der Waals surface area contributed by atoms with Crippen molar-refractivity contribution in [3.63, 3.8) is 0 Å². The Kier molecular flexibility index (Phi) is 6.30. The van der Waals surface area contributed by atoms with E-state index >= 15 is 0 Å². The Morgan fingerprint density at radius 1 is 1.20 bits per heavy atom. The van der Waals surface area contributed by atoms with Crippen LogP contribution in [0.1, 0.15) is 38.8 Å². The second-order valence-corrected chi connectivity index (χ2v) is 5.54. The van der Waals surface area contributed by atoms with Crippen molar-refractivity contribution < 1.29 is 33.7 Å². The third-order valence-corrected chi connectivity index (χ3v) is 3.70. The number of aliphatic hydroxyl groups excluding tert-OH is 1. The van der Waals surface area contributed by atoms with Crippen molar-refractivity contribution in [1.29, 1.82) is 0 Å². The van der Waals surface area contributed by atoms with E-state index in [1.54, 1.807) is 13.0 Å². The van der Waals surface area contributed by atoms with Gasteiger partial charge in [-0.1, -0.05) is 12.6 Å². The lowest BCUT2D eigenvalue weighted by Crippen LogP contribution is -2.26. The first-order valence-corrected chi connectivity index (χ1v) is 7.88. The molecule has 3 rings (SSSR count). The van der Waals surface area contributed by atoms with Gasteiger partial charge in [0.2, 0.25) is 0 Å². The number of hydrogen-bond acceptors (Lipinski definition) is 7. The summed E-state index contributed by atoms with van der Waals surface area (Å²) < 4.78 is 14.4. The fourth-order valence-corrected chi connectivity index (χ4v) is 2.38. The van der Waals surface area contributed by atoms with Crippen molar-refractivity contribution >= 4 is 17.9 Å². The summed E-state index contributed by atoms with van der Waals surface area (Å²) in [6.45, 7) is 5.07. The van der Waals surface area contributed by atoms with Crippen molar-refractivity contribution in [1.82, 2.24) is 0 Å². The van der Waals surface area contributed by atoms with Crippen LogP contribution in [0, 0.1) is 0 Å². The van der Waals surface area contributed by atoms with E-state index in [1.807, 2.05) is 6.07 Å². The van der Waals surface area contributed by atoms with Gasteiger partial charge in [0.15, 0.2) is 0 Å². The molecule has 0 radical (unpaired) electrons. The third-order valence-electron chi connectivity index (χ3n) is 3.70. The van der Waals surface area contributed by atoms with Crippen LogP contribution in [0.3, 0.4) is 0 Å². The second kappa shape index (κ2) is 8.43. The summed E-state index contributed by atoms with van der Waals surface area (Å²) in [6, 6.07) is 3.54. The summed E-state index contributed by atoms with van der Waals surface area (Å²) in [5.74, 6) is -1.28. The van der Waals surface area contributed by atoms with Gasteiger partial charge < -0.3 is 19.3 Å². The van der Waals surface area contributed by atoms with Gasteiger partial charge in [0, 0.05) is 5.57 Å². The van der Waals surface area contributed by atoms with E-state index in [9.17, 15) is 14.4 Å².